The molecule has 2 amide bonds. The van der Waals surface area contributed by atoms with Crippen LogP contribution in [0.2, 0.25) is 0 Å². The van der Waals surface area contributed by atoms with Gasteiger partial charge in [0.15, 0.2) is 16.1 Å². The van der Waals surface area contributed by atoms with Gasteiger partial charge in [-0.3, -0.25) is 14.3 Å². The second-order valence-electron chi connectivity index (χ2n) is 4.12. The summed E-state index contributed by atoms with van der Waals surface area (Å²) in [6.45, 7) is 0. The summed E-state index contributed by atoms with van der Waals surface area (Å²) in [7, 11) is 4.45. The van der Waals surface area contributed by atoms with Gasteiger partial charge < -0.3 is 10.2 Å². The van der Waals surface area contributed by atoms with Gasteiger partial charge in [-0.1, -0.05) is 23.1 Å². The highest BCUT2D eigenvalue weighted by molar-refractivity contribution is 8.00. The zero-order chi connectivity index (χ0) is 16.3. The van der Waals surface area contributed by atoms with Gasteiger partial charge in [-0.15, -0.1) is 10.2 Å². The molecule has 0 radical (unpaired) electrons. The maximum Gasteiger partial charge on any atom is 0.349 e. The first-order valence-corrected chi connectivity index (χ1v) is 7.83. The second-order valence-corrected chi connectivity index (χ2v) is 6.27. The predicted molar refractivity (Wildman–Crippen MR) is 82.1 cm³/mol. The van der Waals surface area contributed by atoms with Crippen LogP contribution in [0.4, 0.5) is 9.93 Å². The lowest BCUT2D eigenvalue weighted by atomic mass is 10.6. The average molecular weight is 345 g/mol. The number of carbonyl (C=O) groups excluding carboxylic acids is 1. The minimum Gasteiger partial charge on any atom is -0.494 e. The zero-order valence-electron chi connectivity index (χ0n) is 12.1. The highest BCUT2D eigenvalue weighted by Crippen LogP contribution is 2.31. The van der Waals surface area contributed by atoms with E-state index in [1.54, 1.807) is 7.05 Å². The van der Waals surface area contributed by atoms with E-state index in [1.165, 1.54) is 58.9 Å². The van der Waals surface area contributed by atoms with Crippen LogP contribution in [-0.2, 0) is 10.7 Å². The van der Waals surface area contributed by atoms with Crippen molar-refractivity contribution in [3.63, 3.8) is 0 Å². The minimum absolute atomic E-state index is 0.0382. The van der Waals surface area contributed by atoms with Crippen LogP contribution >= 0.6 is 23.1 Å². The fourth-order valence-electron chi connectivity index (χ4n) is 1.47. The van der Waals surface area contributed by atoms with E-state index in [-0.39, 0.29) is 23.7 Å². The van der Waals surface area contributed by atoms with E-state index in [2.05, 4.69) is 10.2 Å². The van der Waals surface area contributed by atoms with Crippen LogP contribution in [0.3, 0.4) is 0 Å². The molecule has 0 bridgehead atoms. The van der Waals surface area contributed by atoms with Gasteiger partial charge in [-0.25, -0.2) is 9.86 Å². The third-order valence-corrected chi connectivity index (χ3v) is 4.88. The third kappa shape index (κ3) is 3.43. The molecule has 0 fully saturated rings. The number of anilines is 1. The molecule has 2 aromatic rings. The molecule has 120 valence electrons. The van der Waals surface area contributed by atoms with Crippen molar-refractivity contribution in [3.8, 4) is 11.8 Å². The first kappa shape index (κ1) is 16.4. The molecular weight excluding hydrogens is 330 g/mol. The first-order chi connectivity index (χ1) is 10.4. The summed E-state index contributed by atoms with van der Waals surface area (Å²) < 4.78 is 1.92. The summed E-state index contributed by atoms with van der Waals surface area (Å²) in [5, 5.41) is 28.5. The lowest BCUT2D eigenvalue weighted by molar-refractivity contribution is -0.0619. The van der Waals surface area contributed by atoms with Crippen LogP contribution in [0.25, 0.3) is 0 Å². The Hall–Kier alpha value is -1.98. The first-order valence-electron chi connectivity index (χ1n) is 6.03. The molecule has 0 saturated heterocycles. The Morgan fingerprint density at radius 1 is 1.36 bits per heavy atom. The van der Waals surface area contributed by atoms with E-state index < -0.39 is 0 Å². The lowest BCUT2D eigenvalue weighted by Gasteiger charge is -2.19. The summed E-state index contributed by atoms with van der Waals surface area (Å²) in [6.07, 6.45) is 0. The van der Waals surface area contributed by atoms with Crippen molar-refractivity contribution in [1.82, 2.24) is 19.8 Å². The second kappa shape index (κ2) is 6.85. The Morgan fingerprint density at radius 3 is 2.59 bits per heavy atom. The van der Waals surface area contributed by atoms with Gasteiger partial charge in [0, 0.05) is 26.2 Å². The summed E-state index contributed by atoms with van der Waals surface area (Å²) >= 11 is 2.49. The van der Waals surface area contributed by atoms with Gasteiger partial charge in [0.25, 0.3) is 0 Å². The van der Waals surface area contributed by atoms with Gasteiger partial charge >= 0.3 is 6.03 Å². The Labute approximate surface area is 134 Å². The summed E-state index contributed by atoms with van der Waals surface area (Å²) in [6, 6.07) is 2.42. The molecule has 0 saturated carbocycles. The molecule has 0 atom stereocenters. The van der Waals surface area contributed by atoms with Crippen molar-refractivity contribution in [2.75, 3.05) is 26.1 Å². The number of aromatic nitrogens is 3. The predicted octanol–water partition coefficient (Wildman–Crippen LogP) is 1.55. The molecule has 2 aromatic heterocycles. The molecule has 0 spiro atoms. The SMILES string of the molecule is CON(C)C(=O)N(C)c1nnc(SCn2c(O)ccc2O)s1. The number of rotatable bonds is 5. The molecule has 0 aliphatic carbocycles. The number of hydrogen-bond donors (Lipinski definition) is 2. The maximum atomic E-state index is 11.9. The molecule has 0 unspecified atom stereocenters. The molecule has 0 aliphatic heterocycles. The smallest absolute Gasteiger partial charge is 0.349 e. The standard InChI is InChI=1S/C11H15N5O4S2/c1-14(11(19)15(2)20-3)9-12-13-10(22-9)21-6-16-7(17)4-5-8(16)18/h4-5,17-18H,6H2,1-3H3. The Kier molecular flexibility index (Phi) is 5.11. The maximum absolute atomic E-state index is 11.9. The zero-order valence-corrected chi connectivity index (χ0v) is 13.8. The normalized spacial score (nSPS) is 10.7. The third-order valence-electron chi connectivity index (χ3n) is 2.76. The molecule has 2 heterocycles. The number of amides is 2. The van der Waals surface area contributed by atoms with Crippen LogP contribution in [-0.4, -0.2) is 57.3 Å². The quantitative estimate of drug-likeness (QED) is 0.481. The molecule has 2 rings (SSSR count). The number of thioether (sulfide) groups is 1. The largest absolute Gasteiger partial charge is 0.494 e. The van der Waals surface area contributed by atoms with E-state index in [0.29, 0.717) is 9.47 Å². The number of urea groups is 1. The monoisotopic (exact) mass is 345 g/mol. The molecule has 9 nitrogen and oxygen atoms in total. The Morgan fingerprint density at radius 2 is 2.00 bits per heavy atom. The number of hydrogen-bond acceptors (Lipinski definition) is 8. The molecule has 0 aromatic carbocycles. The van der Waals surface area contributed by atoms with Gasteiger partial charge in [0.2, 0.25) is 5.13 Å². The van der Waals surface area contributed by atoms with E-state index in [1.807, 2.05) is 0 Å². The van der Waals surface area contributed by atoms with Crippen LogP contribution < -0.4 is 4.90 Å². The Bertz CT molecular complexity index is 639. The van der Waals surface area contributed by atoms with E-state index in [4.69, 9.17) is 4.84 Å². The Balaban J connectivity index is 2.01. The molecule has 22 heavy (non-hydrogen) atoms. The van der Waals surface area contributed by atoms with Crippen LogP contribution in [0.5, 0.6) is 11.8 Å². The number of carbonyl (C=O) groups is 1. The van der Waals surface area contributed by atoms with Crippen molar-refractivity contribution in [3.05, 3.63) is 12.1 Å². The minimum atomic E-state index is -0.379. The highest BCUT2D eigenvalue weighted by atomic mass is 32.2. The van der Waals surface area contributed by atoms with Gasteiger partial charge in [0.05, 0.1) is 13.0 Å². The van der Waals surface area contributed by atoms with Gasteiger partial charge in [0.1, 0.15) is 0 Å². The molecule has 0 aliphatic rings. The van der Waals surface area contributed by atoms with Gasteiger partial charge in [-0.2, -0.15) is 0 Å². The van der Waals surface area contributed by atoms with Crippen LogP contribution in [0.15, 0.2) is 16.5 Å². The molecular formula is C11H15N5O4S2. The van der Waals surface area contributed by atoms with Crippen molar-refractivity contribution >= 4 is 34.3 Å². The number of hydroxylamine groups is 2. The van der Waals surface area contributed by atoms with Crippen molar-refractivity contribution < 1.29 is 19.8 Å². The van der Waals surface area contributed by atoms with Crippen molar-refractivity contribution in [1.29, 1.82) is 0 Å². The average Bonchev–Trinajstić information content (AvgIpc) is 3.10. The lowest BCUT2D eigenvalue weighted by Crippen LogP contribution is -2.38. The topological polar surface area (TPSA) is 104 Å². The summed E-state index contributed by atoms with van der Waals surface area (Å²) in [5.74, 6) is 0.196. The van der Waals surface area contributed by atoms with Crippen LogP contribution in [0.1, 0.15) is 0 Å². The van der Waals surface area contributed by atoms with E-state index in [9.17, 15) is 15.0 Å². The van der Waals surface area contributed by atoms with Gasteiger partial charge in [-0.05, 0) is 0 Å². The molecule has 2 N–H and O–H groups in total. The highest BCUT2D eigenvalue weighted by Gasteiger charge is 2.19. The van der Waals surface area contributed by atoms with E-state index in [0.717, 1.165) is 5.06 Å². The fraction of sp³-hybridized carbons (Fsp3) is 0.364. The van der Waals surface area contributed by atoms with Crippen LogP contribution in [0, 0.1) is 0 Å². The van der Waals surface area contributed by atoms with Crippen molar-refractivity contribution in [2.45, 2.75) is 10.2 Å². The summed E-state index contributed by atoms with van der Waals surface area (Å²) in [4.78, 5) is 18.0. The van der Waals surface area contributed by atoms with Crippen molar-refractivity contribution in [2.24, 2.45) is 0 Å². The summed E-state index contributed by atoms with van der Waals surface area (Å²) in [5.41, 5.74) is 0. The van der Waals surface area contributed by atoms with E-state index >= 15 is 0 Å². The molecule has 11 heteroatoms. The number of nitrogens with zero attached hydrogens (tertiary/aromatic N) is 5. The number of aromatic hydroxyl groups is 2. The fourth-order valence-corrected chi connectivity index (χ4v) is 3.22.